The molecule has 1 aromatic rings. The van der Waals surface area contributed by atoms with Crippen LogP contribution in [0.5, 0.6) is 11.5 Å². The molecular formula is C13H6F10O4. The van der Waals surface area contributed by atoms with Gasteiger partial charge in [0.15, 0.2) is 0 Å². The van der Waals surface area contributed by atoms with E-state index in [1.807, 2.05) is 0 Å². The van der Waals surface area contributed by atoms with E-state index in [0.29, 0.717) is 18.2 Å². The van der Waals surface area contributed by atoms with Gasteiger partial charge in [-0.1, -0.05) is 6.07 Å². The van der Waals surface area contributed by atoms with Crippen LogP contribution in [0.15, 0.2) is 18.2 Å². The number of esters is 2. The summed E-state index contributed by atoms with van der Waals surface area (Å²) in [6, 6.07) is 1.90. The van der Waals surface area contributed by atoms with Crippen molar-refractivity contribution in [2.24, 2.45) is 0 Å². The highest BCUT2D eigenvalue weighted by atomic mass is 19.4. The van der Waals surface area contributed by atoms with Gasteiger partial charge in [0.2, 0.25) is 0 Å². The van der Waals surface area contributed by atoms with E-state index >= 15 is 0 Å². The van der Waals surface area contributed by atoms with Gasteiger partial charge in [-0.2, -0.15) is 43.9 Å². The van der Waals surface area contributed by atoms with Gasteiger partial charge in [-0.3, -0.25) is 0 Å². The van der Waals surface area contributed by atoms with Crippen molar-refractivity contribution in [1.29, 1.82) is 0 Å². The lowest BCUT2D eigenvalue weighted by molar-refractivity contribution is -0.276. The predicted octanol–water partition coefficient (Wildman–Crippen LogP) is 4.20. The fourth-order valence-electron chi connectivity index (χ4n) is 1.37. The van der Waals surface area contributed by atoms with Crippen LogP contribution in [-0.2, 0) is 9.59 Å². The summed E-state index contributed by atoms with van der Waals surface area (Å²) in [6.45, 7) is 0.739. The van der Waals surface area contributed by atoms with Crippen molar-refractivity contribution in [2.45, 2.75) is 31.1 Å². The fraction of sp³-hybridized carbons (Fsp3) is 0.385. The highest BCUT2D eigenvalue weighted by Gasteiger charge is 2.66. The Morgan fingerprint density at radius 1 is 0.704 bits per heavy atom. The Balaban J connectivity index is 3.12. The van der Waals surface area contributed by atoms with Crippen LogP contribution in [0.1, 0.15) is 5.56 Å². The summed E-state index contributed by atoms with van der Waals surface area (Å²) in [4.78, 5) is 22.0. The summed E-state index contributed by atoms with van der Waals surface area (Å²) >= 11 is 0. The Bertz CT molecular complexity index is 677. The van der Waals surface area contributed by atoms with Crippen LogP contribution in [0.2, 0.25) is 0 Å². The average molecular weight is 416 g/mol. The van der Waals surface area contributed by atoms with Crippen molar-refractivity contribution < 1.29 is 63.0 Å². The van der Waals surface area contributed by atoms with Gasteiger partial charge >= 0.3 is 36.1 Å². The van der Waals surface area contributed by atoms with Crippen LogP contribution in [0, 0.1) is 6.92 Å². The summed E-state index contributed by atoms with van der Waals surface area (Å²) in [7, 11) is 0. The SMILES string of the molecule is Cc1c(OC(=O)C(F)(F)C(F)(F)F)cccc1OC(=O)C(F)(F)C(F)(F)F. The molecule has 0 saturated heterocycles. The quantitative estimate of drug-likeness (QED) is 0.420. The smallest absolute Gasteiger partial charge is 0.421 e. The largest absolute Gasteiger partial charge is 0.465 e. The number of rotatable bonds is 4. The maximum atomic E-state index is 12.8. The molecule has 0 radical (unpaired) electrons. The molecule has 0 aliphatic heterocycles. The van der Waals surface area contributed by atoms with Crippen LogP contribution in [-0.4, -0.2) is 36.1 Å². The van der Waals surface area contributed by atoms with Gasteiger partial charge in [0.1, 0.15) is 11.5 Å². The molecule has 0 heterocycles. The zero-order valence-corrected chi connectivity index (χ0v) is 12.6. The van der Waals surface area contributed by atoms with Crippen molar-refractivity contribution >= 4 is 11.9 Å². The van der Waals surface area contributed by atoms with Crippen molar-refractivity contribution in [3.05, 3.63) is 23.8 Å². The van der Waals surface area contributed by atoms with E-state index in [-0.39, 0.29) is 0 Å². The van der Waals surface area contributed by atoms with E-state index in [0.717, 1.165) is 6.92 Å². The van der Waals surface area contributed by atoms with Gasteiger partial charge in [0.25, 0.3) is 0 Å². The summed E-state index contributed by atoms with van der Waals surface area (Å²) in [6.07, 6.45) is -12.6. The van der Waals surface area contributed by atoms with Crippen LogP contribution < -0.4 is 9.47 Å². The van der Waals surface area contributed by atoms with E-state index in [2.05, 4.69) is 9.47 Å². The summed E-state index contributed by atoms with van der Waals surface area (Å²) in [5.74, 6) is -20.2. The molecule has 0 fully saturated rings. The minimum absolute atomic E-state index is 0.610. The Morgan fingerprint density at radius 2 is 1.00 bits per heavy atom. The highest BCUT2D eigenvalue weighted by molar-refractivity contribution is 5.83. The fourth-order valence-corrected chi connectivity index (χ4v) is 1.37. The number of hydrogen-bond donors (Lipinski definition) is 0. The second-order valence-electron chi connectivity index (χ2n) is 4.80. The molecule has 0 atom stereocenters. The van der Waals surface area contributed by atoms with E-state index in [1.165, 1.54) is 0 Å². The minimum atomic E-state index is -6.31. The van der Waals surface area contributed by atoms with Crippen molar-refractivity contribution in [2.75, 3.05) is 0 Å². The molecule has 4 nitrogen and oxygen atoms in total. The normalized spacial score (nSPS) is 13.3. The maximum absolute atomic E-state index is 12.8. The molecule has 0 bridgehead atoms. The zero-order chi connectivity index (χ0) is 21.4. The second kappa shape index (κ2) is 6.88. The number of halogens is 10. The van der Waals surface area contributed by atoms with Gasteiger partial charge in [-0.05, 0) is 19.1 Å². The van der Waals surface area contributed by atoms with E-state index < -0.39 is 53.2 Å². The number of benzene rings is 1. The first-order valence-electron chi connectivity index (χ1n) is 6.36. The number of ether oxygens (including phenoxy) is 2. The monoisotopic (exact) mass is 416 g/mol. The standard InChI is InChI=1S/C13H6F10O4/c1-5-6(26-8(24)10(14,15)12(18,19)20)3-2-4-7(5)27-9(25)11(16,17)13(21,22)23/h2-4H,1H3. The lowest BCUT2D eigenvalue weighted by Gasteiger charge is -2.20. The summed E-state index contributed by atoms with van der Waals surface area (Å²) in [5.41, 5.74) is -0.768. The van der Waals surface area contributed by atoms with Gasteiger partial charge in [-0.15, -0.1) is 0 Å². The van der Waals surface area contributed by atoms with Crippen molar-refractivity contribution in [1.82, 2.24) is 0 Å². The molecule has 0 unspecified atom stereocenters. The molecule has 0 aliphatic rings. The van der Waals surface area contributed by atoms with Gasteiger partial charge < -0.3 is 9.47 Å². The molecule has 0 amide bonds. The number of carbonyl (C=O) groups is 2. The first-order valence-corrected chi connectivity index (χ1v) is 6.36. The zero-order valence-electron chi connectivity index (χ0n) is 12.6. The van der Waals surface area contributed by atoms with Crippen LogP contribution in [0.3, 0.4) is 0 Å². The Labute approximate surface area is 142 Å². The number of alkyl halides is 10. The van der Waals surface area contributed by atoms with Crippen molar-refractivity contribution in [3.63, 3.8) is 0 Å². The summed E-state index contributed by atoms with van der Waals surface area (Å²) < 4.78 is 131. The Kier molecular flexibility index (Phi) is 5.74. The highest BCUT2D eigenvalue weighted by Crippen LogP contribution is 2.39. The van der Waals surface area contributed by atoms with Crippen LogP contribution >= 0.6 is 0 Å². The third kappa shape index (κ3) is 4.42. The maximum Gasteiger partial charge on any atom is 0.465 e. The molecule has 1 aromatic carbocycles. The number of hydrogen-bond acceptors (Lipinski definition) is 4. The molecule has 27 heavy (non-hydrogen) atoms. The molecule has 14 heteroatoms. The first kappa shape index (κ1) is 22.5. The first-order chi connectivity index (χ1) is 11.9. The van der Waals surface area contributed by atoms with Crippen LogP contribution in [0.4, 0.5) is 43.9 Å². The molecule has 1 rings (SSSR count). The minimum Gasteiger partial charge on any atom is -0.421 e. The average Bonchev–Trinajstić information content (AvgIpc) is 2.48. The predicted molar refractivity (Wildman–Crippen MR) is 64.5 cm³/mol. The van der Waals surface area contributed by atoms with Gasteiger partial charge in [0, 0.05) is 5.56 Å². The molecule has 0 aromatic heterocycles. The molecular weight excluding hydrogens is 410 g/mol. The molecule has 0 N–H and O–H groups in total. The summed E-state index contributed by atoms with van der Waals surface area (Å²) in [5, 5.41) is 0. The van der Waals surface area contributed by atoms with Gasteiger partial charge in [-0.25, -0.2) is 9.59 Å². The molecule has 0 saturated carbocycles. The topological polar surface area (TPSA) is 52.6 Å². The third-order valence-electron chi connectivity index (χ3n) is 2.86. The Hall–Kier alpha value is -2.54. The van der Waals surface area contributed by atoms with Gasteiger partial charge in [0.05, 0.1) is 0 Å². The van der Waals surface area contributed by atoms with E-state index in [1.54, 1.807) is 0 Å². The lowest BCUT2D eigenvalue weighted by atomic mass is 10.2. The molecule has 152 valence electrons. The third-order valence-corrected chi connectivity index (χ3v) is 2.86. The molecule has 0 spiro atoms. The van der Waals surface area contributed by atoms with Crippen molar-refractivity contribution in [3.8, 4) is 11.5 Å². The van der Waals surface area contributed by atoms with E-state index in [9.17, 15) is 53.5 Å². The second-order valence-corrected chi connectivity index (χ2v) is 4.80. The molecule has 0 aliphatic carbocycles. The lowest BCUT2D eigenvalue weighted by Crippen LogP contribution is -2.46. The van der Waals surface area contributed by atoms with Crippen LogP contribution in [0.25, 0.3) is 0 Å². The number of carbonyl (C=O) groups excluding carboxylic acids is 2. The van der Waals surface area contributed by atoms with E-state index in [4.69, 9.17) is 0 Å². The Morgan fingerprint density at radius 3 is 1.26 bits per heavy atom.